The zero-order chi connectivity index (χ0) is 22.5. The lowest BCUT2D eigenvalue weighted by molar-refractivity contribution is 1.11. The van der Waals surface area contributed by atoms with Crippen LogP contribution in [0, 0.1) is 6.92 Å². The van der Waals surface area contributed by atoms with E-state index in [1.54, 1.807) is 0 Å². The maximum Gasteiger partial charge on any atom is 0.0548 e. The third kappa shape index (κ3) is 5.06. The highest BCUT2D eigenvalue weighted by atomic mass is 32.2. The van der Waals surface area contributed by atoms with Gasteiger partial charge >= 0.3 is 0 Å². The summed E-state index contributed by atoms with van der Waals surface area (Å²) in [6, 6.07) is 22.0. The van der Waals surface area contributed by atoms with E-state index in [9.17, 15) is 0 Å². The molecule has 3 aromatic carbocycles. The molecule has 0 N–H and O–H groups in total. The first-order chi connectivity index (χ1) is 15.5. The van der Waals surface area contributed by atoms with Crippen molar-refractivity contribution in [2.24, 2.45) is 0 Å². The molecule has 3 aromatic rings. The van der Waals surface area contributed by atoms with E-state index in [0.29, 0.717) is 0 Å². The van der Waals surface area contributed by atoms with Gasteiger partial charge in [-0.2, -0.15) is 0 Å². The monoisotopic (exact) mass is 434 g/mol. The summed E-state index contributed by atoms with van der Waals surface area (Å²) in [4.78, 5) is 1.31. The molecule has 0 spiro atoms. The Morgan fingerprint density at radius 3 is 2.50 bits per heavy atom. The Labute approximate surface area is 196 Å². The number of hydrogen-bond donors (Lipinski definition) is 0. The Morgan fingerprint density at radius 2 is 1.78 bits per heavy atom. The van der Waals surface area contributed by atoms with Crippen LogP contribution in [0.25, 0.3) is 16.3 Å². The van der Waals surface area contributed by atoms with Gasteiger partial charge in [0.05, 0.1) is 5.25 Å². The molecule has 1 aliphatic rings. The van der Waals surface area contributed by atoms with Crippen molar-refractivity contribution in [1.29, 1.82) is 0 Å². The Balaban J connectivity index is 1.66. The molecule has 0 saturated carbocycles. The first-order valence-electron chi connectivity index (χ1n) is 11.1. The minimum atomic E-state index is 0.251. The molecule has 1 aliphatic carbocycles. The Morgan fingerprint density at radius 1 is 1.00 bits per heavy atom. The van der Waals surface area contributed by atoms with Crippen molar-refractivity contribution in [3.8, 4) is 0 Å². The van der Waals surface area contributed by atoms with E-state index < -0.39 is 0 Å². The fraction of sp³-hybridized carbons (Fsp3) is 0.161. The van der Waals surface area contributed by atoms with E-state index in [0.717, 1.165) is 6.42 Å². The lowest BCUT2D eigenvalue weighted by Gasteiger charge is -2.19. The van der Waals surface area contributed by atoms with Crippen molar-refractivity contribution in [2.75, 3.05) is 0 Å². The number of thioether (sulfide) groups is 1. The van der Waals surface area contributed by atoms with Crippen LogP contribution in [-0.4, -0.2) is 0 Å². The van der Waals surface area contributed by atoms with Crippen LogP contribution in [-0.2, 0) is 0 Å². The molecule has 4 rings (SSSR count). The predicted octanol–water partition coefficient (Wildman–Crippen LogP) is 9.40. The maximum absolute atomic E-state index is 4.27. The van der Waals surface area contributed by atoms with Crippen molar-refractivity contribution in [1.82, 2.24) is 0 Å². The molecule has 1 heteroatoms. The van der Waals surface area contributed by atoms with Gasteiger partial charge in [-0.1, -0.05) is 97.1 Å². The van der Waals surface area contributed by atoms with Gasteiger partial charge in [0.15, 0.2) is 0 Å². The summed E-state index contributed by atoms with van der Waals surface area (Å²) in [6.45, 7) is 10.8. The Hall–Kier alpha value is -3.03. The van der Waals surface area contributed by atoms with E-state index in [1.807, 2.05) is 11.8 Å². The van der Waals surface area contributed by atoms with Crippen LogP contribution in [0.15, 0.2) is 120 Å². The quantitative estimate of drug-likeness (QED) is 0.275. The normalized spacial score (nSPS) is 16.0. The molecule has 1 atom stereocenters. The number of allylic oxidation sites excluding steroid dienone is 8. The van der Waals surface area contributed by atoms with E-state index in [4.69, 9.17) is 0 Å². The van der Waals surface area contributed by atoms with Gasteiger partial charge in [-0.25, -0.2) is 0 Å². The van der Waals surface area contributed by atoms with Crippen LogP contribution in [0.2, 0.25) is 0 Å². The summed E-state index contributed by atoms with van der Waals surface area (Å²) >= 11 is 1.90. The number of benzene rings is 3. The molecule has 0 amide bonds. The van der Waals surface area contributed by atoms with Crippen LogP contribution in [0.1, 0.15) is 42.2 Å². The van der Waals surface area contributed by atoms with Crippen molar-refractivity contribution < 1.29 is 0 Å². The lowest BCUT2D eigenvalue weighted by Crippen LogP contribution is -1.96. The van der Waals surface area contributed by atoms with Crippen molar-refractivity contribution in [3.05, 3.63) is 132 Å². The maximum atomic E-state index is 4.27. The zero-order valence-corrected chi connectivity index (χ0v) is 20.0. The second-order valence-corrected chi connectivity index (χ2v) is 9.61. The van der Waals surface area contributed by atoms with E-state index in [1.165, 1.54) is 49.1 Å². The minimum Gasteiger partial charge on any atom is -0.113 e. The summed E-state index contributed by atoms with van der Waals surface area (Å²) in [5, 5.41) is 2.86. The molecule has 1 unspecified atom stereocenters. The van der Waals surface area contributed by atoms with E-state index in [2.05, 4.69) is 124 Å². The van der Waals surface area contributed by atoms with Gasteiger partial charge in [-0.15, -0.1) is 11.8 Å². The van der Waals surface area contributed by atoms with Gasteiger partial charge in [0.2, 0.25) is 0 Å². The van der Waals surface area contributed by atoms with Crippen LogP contribution < -0.4 is 0 Å². The Bertz CT molecular complexity index is 1250. The topological polar surface area (TPSA) is 0 Å². The molecule has 0 heterocycles. The van der Waals surface area contributed by atoms with Gasteiger partial charge in [-0.05, 0) is 77.9 Å². The summed E-state index contributed by atoms with van der Waals surface area (Å²) in [6.07, 6.45) is 14.1. The summed E-state index contributed by atoms with van der Waals surface area (Å²) in [5.41, 5.74) is 7.71. The van der Waals surface area contributed by atoms with Crippen LogP contribution in [0.4, 0.5) is 0 Å². The number of aryl methyl sites for hydroxylation is 1. The molecule has 160 valence electrons. The van der Waals surface area contributed by atoms with Gasteiger partial charge in [0.1, 0.15) is 0 Å². The predicted molar refractivity (Wildman–Crippen MR) is 143 cm³/mol. The van der Waals surface area contributed by atoms with E-state index >= 15 is 0 Å². The summed E-state index contributed by atoms with van der Waals surface area (Å²) in [5.74, 6) is 0. The summed E-state index contributed by atoms with van der Waals surface area (Å²) < 4.78 is 0. The third-order valence-electron chi connectivity index (χ3n) is 5.95. The second-order valence-electron chi connectivity index (χ2n) is 8.46. The van der Waals surface area contributed by atoms with Gasteiger partial charge < -0.3 is 0 Å². The number of fused-ring (bicyclic) bond motifs is 1. The zero-order valence-electron chi connectivity index (χ0n) is 19.1. The summed E-state index contributed by atoms with van der Waals surface area (Å²) in [7, 11) is 0. The van der Waals surface area contributed by atoms with Gasteiger partial charge in [0, 0.05) is 4.90 Å². The van der Waals surface area contributed by atoms with Crippen molar-refractivity contribution in [2.45, 2.75) is 37.3 Å². The molecular formula is C31H30S. The fourth-order valence-electron chi connectivity index (χ4n) is 4.01. The van der Waals surface area contributed by atoms with Crippen LogP contribution >= 0.6 is 11.8 Å². The molecule has 0 radical (unpaired) electrons. The molecule has 0 saturated heterocycles. The third-order valence-corrected chi connectivity index (χ3v) is 7.56. The molecule has 0 nitrogen and oxygen atoms in total. The number of hydrogen-bond acceptors (Lipinski definition) is 1. The average molecular weight is 435 g/mol. The molecule has 0 fully saturated rings. The van der Waals surface area contributed by atoms with Crippen LogP contribution in [0.5, 0.6) is 0 Å². The fourth-order valence-corrected chi connectivity index (χ4v) is 5.19. The number of rotatable bonds is 6. The largest absolute Gasteiger partial charge is 0.113 e. The SMILES string of the molecule is C=C(C)C(Sc1ccc2ccc(/C(C)=C/C=C3/C=CC=CC3)cc2c1C)c1ccccc1. The highest BCUT2D eigenvalue weighted by Crippen LogP contribution is 2.42. The van der Waals surface area contributed by atoms with Crippen molar-refractivity contribution >= 4 is 28.1 Å². The highest BCUT2D eigenvalue weighted by Gasteiger charge is 2.16. The molecule has 0 bridgehead atoms. The molecule has 0 aromatic heterocycles. The molecule has 0 aliphatic heterocycles. The lowest BCUT2D eigenvalue weighted by atomic mass is 9.98. The van der Waals surface area contributed by atoms with E-state index in [-0.39, 0.29) is 5.25 Å². The van der Waals surface area contributed by atoms with Gasteiger partial charge in [-0.3, -0.25) is 0 Å². The smallest absolute Gasteiger partial charge is 0.0548 e. The van der Waals surface area contributed by atoms with Gasteiger partial charge in [0.25, 0.3) is 0 Å². The molecule has 32 heavy (non-hydrogen) atoms. The second kappa shape index (κ2) is 10.1. The first kappa shape index (κ1) is 22.2. The van der Waals surface area contributed by atoms with Crippen LogP contribution in [0.3, 0.4) is 0 Å². The minimum absolute atomic E-state index is 0.251. The molecular weight excluding hydrogens is 404 g/mol. The standard InChI is InChI=1S/C31H30S/c1-22(2)31(27-13-9-6-10-14-27)32-30-20-19-26-17-18-28(21-29(26)24(30)4)23(3)15-16-25-11-7-5-8-12-25/h5-11,13-21,31H,1,12H2,2-4H3/b23-15+,25-16-. The first-order valence-corrected chi connectivity index (χ1v) is 12.0. The highest BCUT2D eigenvalue weighted by molar-refractivity contribution is 7.99. The Kier molecular flexibility index (Phi) is 6.97. The van der Waals surface area contributed by atoms with Crippen molar-refractivity contribution in [3.63, 3.8) is 0 Å². The average Bonchev–Trinajstić information content (AvgIpc) is 2.83.